The van der Waals surface area contributed by atoms with Gasteiger partial charge in [-0.3, -0.25) is 14.4 Å². The van der Waals surface area contributed by atoms with Crippen molar-refractivity contribution >= 4 is 17.9 Å². The van der Waals surface area contributed by atoms with Gasteiger partial charge in [-0.1, -0.05) is 232 Å². The standard InChI is InChI=1S/C59H94O6/c1-4-7-10-13-16-19-22-25-27-28-29-30-32-34-37-40-43-46-49-52-58(61)64-55-56(54-63-57(60)51-48-45-42-39-36-33-24-21-18-15-12-9-6-3)65-59(62)53-50-47-44-41-38-35-31-26-23-20-17-14-11-8-5-2/h7,10,13,16,19-20,22-23,25,27-30,32-34,36-37,42,45,56H,4-6,8-9,11-12,14-15,17-18,21,24,26,31,35,38-41,43-44,46-55H2,1-3H3/b10-7+,16-13+,22-19+,23-20+,27-25+,29-28+,32-30+,36-33+,37-34+,45-42+. The van der Waals surface area contributed by atoms with Crippen LogP contribution in [-0.4, -0.2) is 37.2 Å². The first-order chi connectivity index (χ1) is 32.0. The molecule has 1 atom stereocenters. The molecule has 0 aromatic rings. The molecule has 0 heterocycles. The Morgan fingerprint density at radius 2 is 0.692 bits per heavy atom. The van der Waals surface area contributed by atoms with Gasteiger partial charge in [0.25, 0.3) is 0 Å². The van der Waals surface area contributed by atoms with Crippen molar-refractivity contribution in [2.75, 3.05) is 13.2 Å². The smallest absolute Gasteiger partial charge is 0.306 e. The summed E-state index contributed by atoms with van der Waals surface area (Å²) in [6.07, 6.45) is 71.9. The van der Waals surface area contributed by atoms with Crippen molar-refractivity contribution in [1.82, 2.24) is 0 Å². The molecule has 0 radical (unpaired) electrons. The van der Waals surface area contributed by atoms with Gasteiger partial charge < -0.3 is 14.2 Å². The third kappa shape index (κ3) is 50.7. The van der Waals surface area contributed by atoms with Crippen LogP contribution in [0.1, 0.15) is 213 Å². The van der Waals surface area contributed by atoms with E-state index in [2.05, 4.69) is 63.3 Å². The van der Waals surface area contributed by atoms with Crippen molar-refractivity contribution in [3.8, 4) is 0 Å². The van der Waals surface area contributed by atoms with E-state index in [1.165, 1.54) is 103 Å². The number of esters is 3. The molecule has 0 aromatic heterocycles. The van der Waals surface area contributed by atoms with E-state index in [9.17, 15) is 14.4 Å². The Kier molecular flexibility index (Phi) is 49.1. The largest absolute Gasteiger partial charge is 0.462 e. The minimum Gasteiger partial charge on any atom is -0.462 e. The van der Waals surface area contributed by atoms with E-state index in [1.54, 1.807) is 0 Å². The van der Waals surface area contributed by atoms with Crippen LogP contribution in [0.5, 0.6) is 0 Å². The van der Waals surface area contributed by atoms with E-state index in [0.717, 1.165) is 64.2 Å². The molecule has 0 amide bonds. The zero-order valence-corrected chi connectivity index (χ0v) is 41.7. The lowest BCUT2D eigenvalue weighted by molar-refractivity contribution is -0.166. The number of carbonyl (C=O) groups is 3. The molecular weight excluding hydrogens is 805 g/mol. The van der Waals surface area contributed by atoms with Crippen LogP contribution in [0.2, 0.25) is 0 Å². The number of unbranched alkanes of at least 4 members (excludes halogenated alkanes) is 20. The van der Waals surface area contributed by atoms with Crippen LogP contribution >= 0.6 is 0 Å². The van der Waals surface area contributed by atoms with Gasteiger partial charge in [0.15, 0.2) is 6.10 Å². The predicted molar refractivity (Wildman–Crippen MR) is 279 cm³/mol. The van der Waals surface area contributed by atoms with Gasteiger partial charge in [0, 0.05) is 19.3 Å². The normalized spacial score (nSPS) is 13.1. The first-order valence-electron chi connectivity index (χ1n) is 26.1. The van der Waals surface area contributed by atoms with Crippen LogP contribution in [0.25, 0.3) is 0 Å². The molecule has 0 fully saturated rings. The van der Waals surface area contributed by atoms with E-state index in [1.807, 2.05) is 79.0 Å². The average Bonchev–Trinajstić information content (AvgIpc) is 3.30. The summed E-state index contributed by atoms with van der Waals surface area (Å²) in [5.74, 6) is -1.04. The molecule has 65 heavy (non-hydrogen) atoms. The van der Waals surface area contributed by atoms with Crippen LogP contribution in [0.3, 0.4) is 0 Å². The first-order valence-corrected chi connectivity index (χ1v) is 26.1. The highest BCUT2D eigenvalue weighted by molar-refractivity contribution is 5.71. The van der Waals surface area contributed by atoms with Crippen LogP contribution in [-0.2, 0) is 28.6 Å². The second kappa shape index (κ2) is 52.4. The summed E-state index contributed by atoms with van der Waals surface area (Å²) < 4.78 is 16.7. The SMILES string of the molecule is CC/C=C/C=C/C=C/C=C/C=C/C=C/C=C/CCCCCC(=O)OCC(COC(=O)CC/C=C/C/C=C/CCCCCCCC)OC(=O)CCCCCCCCC/C=C/CCCCCC. The fourth-order valence-electron chi connectivity index (χ4n) is 6.71. The molecule has 0 aliphatic rings. The molecule has 366 valence electrons. The second-order valence-corrected chi connectivity index (χ2v) is 16.9. The number of hydrogen-bond acceptors (Lipinski definition) is 6. The molecule has 0 N–H and O–H groups in total. The lowest BCUT2D eigenvalue weighted by Gasteiger charge is -2.18. The number of ether oxygens (including phenoxy) is 3. The Morgan fingerprint density at radius 1 is 0.338 bits per heavy atom. The number of hydrogen-bond donors (Lipinski definition) is 0. The van der Waals surface area contributed by atoms with E-state index >= 15 is 0 Å². The lowest BCUT2D eigenvalue weighted by atomic mass is 10.1. The summed E-state index contributed by atoms with van der Waals surface area (Å²) in [6.45, 7) is 6.36. The number of rotatable bonds is 45. The minimum absolute atomic E-state index is 0.124. The molecule has 0 spiro atoms. The molecule has 0 aromatic carbocycles. The maximum atomic E-state index is 12.8. The molecule has 0 rings (SSSR count). The van der Waals surface area contributed by atoms with Gasteiger partial charge in [0.2, 0.25) is 0 Å². The Balaban J connectivity index is 4.57. The summed E-state index contributed by atoms with van der Waals surface area (Å²) in [4.78, 5) is 38.0. The summed E-state index contributed by atoms with van der Waals surface area (Å²) in [6, 6.07) is 0. The van der Waals surface area contributed by atoms with Gasteiger partial charge >= 0.3 is 17.9 Å². The molecule has 0 saturated carbocycles. The highest BCUT2D eigenvalue weighted by Gasteiger charge is 2.19. The molecule has 6 heteroatoms. The van der Waals surface area contributed by atoms with Gasteiger partial charge in [0.1, 0.15) is 13.2 Å². The summed E-state index contributed by atoms with van der Waals surface area (Å²) in [5, 5.41) is 0. The van der Waals surface area contributed by atoms with Crippen LogP contribution in [0.15, 0.2) is 122 Å². The molecule has 0 bridgehead atoms. The summed E-state index contributed by atoms with van der Waals surface area (Å²) >= 11 is 0. The van der Waals surface area contributed by atoms with Crippen LogP contribution < -0.4 is 0 Å². The molecule has 0 aliphatic carbocycles. The zero-order chi connectivity index (χ0) is 47.2. The van der Waals surface area contributed by atoms with E-state index < -0.39 is 6.10 Å². The van der Waals surface area contributed by atoms with Gasteiger partial charge in [-0.25, -0.2) is 0 Å². The van der Waals surface area contributed by atoms with Gasteiger partial charge in [-0.2, -0.15) is 0 Å². The van der Waals surface area contributed by atoms with Crippen molar-refractivity contribution in [3.63, 3.8) is 0 Å². The quantitative estimate of drug-likeness (QED) is 0.0199. The van der Waals surface area contributed by atoms with Crippen LogP contribution in [0, 0.1) is 0 Å². The maximum Gasteiger partial charge on any atom is 0.306 e. The Morgan fingerprint density at radius 3 is 1.20 bits per heavy atom. The molecular formula is C59H94O6. The topological polar surface area (TPSA) is 78.9 Å². The highest BCUT2D eigenvalue weighted by Crippen LogP contribution is 2.13. The van der Waals surface area contributed by atoms with Crippen molar-refractivity contribution in [3.05, 3.63) is 122 Å². The van der Waals surface area contributed by atoms with Crippen LogP contribution in [0.4, 0.5) is 0 Å². The summed E-state index contributed by atoms with van der Waals surface area (Å²) in [7, 11) is 0. The van der Waals surface area contributed by atoms with Crippen molar-refractivity contribution in [2.45, 2.75) is 219 Å². The molecule has 6 nitrogen and oxygen atoms in total. The first kappa shape index (κ1) is 60.8. The summed E-state index contributed by atoms with van der Waals surface area (Å²) in [5.41, 5.74) is 0. The van der Waals surface area contributed by atoms with Crippen molar-refractivity contribution < 1.29 is 28.6 Å². The minimum atomic E-state index is -0.825. The zero-order valence-electron chi connectivity index (χ0n) is 41.7. The van der Waals surface area contributed by atoms with Crippen molar-refractivity contribution in [2.24, 2.45) is 0 Å². The molecule has 0 saturated heterocycles. The van der Waals surface area contributed by atoms with E-state index in [0.29, 0.717) is 19.3 Å². The van der Waals surface area contributed by atoms with E-state index in [4.69, 9.17) is 14.2 Å². The maximum absolute atomic E-state index is 12.8. The third-order valence-electron chi connectivity index (χ3n) is 10.6. The Bertz CT molecular complexity index is 1400. The predicted octanol–water partition coefficient (Wildman–Crippen LogP) is 17.3. The van der Waals surface area contributed by atoms with Gasteiger partial charge in [0.05, 0.1) is 0 Å². The fraction of sp³-hybridized carbons (Fsp3) is 0.610. The Labute approximate surface area is 399 Å². The Hall–Kier alpha value is -4.19. The number of carbonyl (C=O) groups excluding carboxylic acids is 3. The second-order valence-electron chi connectivity index (χ2n) is 16.9. The van der Waals surface area contributed by atoms with Gasteiger partial charge in [-0.05, 0) is 83.5 Å². The fourth-order valence-corrected chi connectivity index (χ4v) is 6.71. The van der Waals surface area contributed by atoms with E-state index in [-0.39, 0.29) is 37.5 Å². The van der Waals surface area contributed by atoms with Gasteiger partial charge in [-0.15, -0.1) is 0 Å². The molecule has 1 unspecified atom stereocenters. The number of allylic oxidation sites excluding steroid dienone is 20. The third-order valence-corrected chi connectivity index (χ3v) is 10.6. The molecule has 0 aliphatic heterocycles. The highest BCUT2D eigenvalue weighted by atomic mass is 16.6. The average molecular weight is 899 g/mol. The monoisotopic (exact) mass is 899 g/mol. The van der Waals surface area contributed by atoms with Crippen molar-refractivity contribution in [1.29, 1.82) is 0 Å². The lowest BCUT2D eigenvalue weighted by Crippen LogP contribution is -2.30.